The van der Waals surface area contributed by atoms with E-state index in [9.17, 15) is 32.6 Å². The van der Waals surface area contributed by atoms with E-state index < -0.39 is 57.1 Å². The molecule has 0 radical (unpaired) electrons. The number of benzene rings is 2. The van der Waals surface area contributed by atoms with Gasteiger partial charge in [-0.15, -0.1) is 0 Å². The van der Waals surface area contributed by atoms with Crippen molar-refractivity contribution in [1.29, 1.82) is 0 Å². The van der Waals surface area contributed by atoms with Crippen LogP contribution < -0.4 is 10.2 Å². The number of phenolic OH excluding ortho intramolecular Hbond substituents is 2. The summed E-state index contributed by atoms with van der Waals surface area (Å²) in [6.07, 6.45) is -5.17. The highest BCUT2D eigenvalue weighted by atomic mass is 19.4. The minimum atomic E-state index is -5.17. The lowest BCUT2D eigenvalue weighted by atomic mass is 10.1. The highest BCUT2D eigenvalue weighted by molar-refractivity contribution is 5.86. The molecule has 0 fully saturated rings. The number of hydrogen-bond acceptors (Lipinski definition) is 5. The standard InChI is InChI=1S/C16H8F4O5/c17-8-3-1-2-4-10(8)24-14-11(22)7-5-6-9(21)12(23)13(7)25-15(14)16(18,19)20/h1-6,21,23H. The minimum Gasteiger partial charge on any atom is -0.504 e. The van der Waals surface area contributed by atoms with Crippen molar-refractivity contribution in [1.82, 2.24) is 0 Å². The molecule has 9 heteroatoms. The number of halogens is 4. The number of phenols is 2. The molecule has 130 valence electrons. The maximum absolute atomic E-state index is 13.7. The van der Waals surface area contributed by atoms with E-state index in [0.717, 1.165) is 24.3 Å². The Morgan fingerprint density at radius 3 is 2.36 bits per heavy atom. The van der Waals surface area contributed by atoms with Gasteiger partial charge in [0.2, 0.25) is 16.9 Å². The van der Waals surface area contributed by atoms with E-state index in [1.54, 1.807) is 0 Å². The van der Waals surface area contributed by atoms with Crippen LogP contribution in [0.1, 0.15) is 5.76 Å². The minimum absolute atomic E-state index is 0.477. The maximum atomic E-state index is 13.7. The van der Waals surface area contributed by atoms with Gasteiger partial charge in [0.05, 0.1) is 5.39 Å². The van der Waals surface area contributed by atoms with E-state index in [4.69, 9.17) is 4.74 Å². The Kier molecular flexibility index (Phi) is 3.78. The number of rotatable bonds is 2. The highest BCUT2D eigenvalue weighted by Crippen LogP contribution is 2.41. The summed E-state index contributed by atoms with van der Waals surface area (Å²) in [6, 6.07) is 6.41. The molecule has 2 aromatic carbocycles. The molecule has 0 aliphatic heterocycles. The summed E-state index contributed by atoms with van der Waals surface area (Å²) in [7, 11) is 0. The van der Waals surface area contributed by atoms with Gasteiger partial charge in [0, 0.05) is 0 Å². The zero-order valence-corrected chi connectivity index (χ0v) is 12.1. The largest absolute Gasteiger partial charge is 0.504 e. The lowest BCUT2D eigenvalue weighted by Crippen LogP contribution is -2.15. The molecule has 0 aliphatic carbocycles. The molecule has 1 heterocycles. The Hall–Kier alpha value is -3.23. The van der Waals surface area contributed by atoms with Crippen LogP contribution in [0.25, 0.3) is 11.0 Å². The number of fused-ring (bicyclic) bond motifs is 1. The molecular formula is C16H8F4O5. The summed E-state index contributed by atoms with van der Waals surface area (Å²) in [5.41, 5.74) is -2.15. The quantitative estimate of drug-likeness (QED) is 0.533. The molecule has 0 aliphatic rings. The average molecular weight is 356 g/mol. The van der Waals surface area contributed by atoms with Gasteiger partial charge in [-0.2, -0.15) is 13.2 Å². The van der Waals surface area contributed by atoms with Gasteiger partial charge in [0.1, 0.15) is 0 Å². The fourth-order valence-electron chi connectivity index (χ4n) is 2.13. The molecule has 0 atom stereocenters. The van der Waals surface area contributed by atoms with Crippen molar-refractivity contribution in [2.24, 2.45) is 0 Å². The van der Waals surface area contributed by atoms with Crippen LogP contribution in [0.5, 0.6) is 23.0 Å². The SMILES string of the molecule is O=c1c(Oc2ccccc2F)c(C(F)(F)F)oc2c(O)c(O)ccc12. The molecule has 0 amide bonds. The molecule has 5 nitrogen and oxygen atoms in total. The Balaban J connectivity index is 2.34. The second kappa shape index (κ2) is 5.69. The zero-order valence-electron chi connectivity index (χ0n) is 12.1. The lowest BCUT2D eigenvalue weighted by molar-refractivity contribution is -0.154. The molecule has 3 aromatic rings. The fourth-order valence-corrected chi connectivity index (χ4v) is 2.13. The van der Waals surface area contributed by atoms with Crippen LogP contribution in [0, 0.1) is 5.82 Å². The van der Waals surface area contributed by atoms with Crippen molar-refractivity contribution in [2.75, 3.05) is 0 Å². The van der Waals surface area contributed by atoms with Gasteiger partial charge in [-0.1, -0.05) is 12.1 Å². The van der Waals surface area contributed by atoms with Crippen LogP contribution in [0.2, 0.25) is 0 Å². The van der Waals surface area contributed by atoms with Crippen LogP contribution in [0.4, 0.5) is 17.6 Å². The van der Waals surface area contributed by atoms with Crippen molar-refractivity contribution in [3.63, 3.8) is 0 Å². The number of hydrogen-bond donors (Lipinski definition) is 2. The van der Waals surface area contributed by atoms with Crippen LogP contribution >= 0.6 is 0 Å². The normalized spacial score (nSPS) is 11.7. The third-order valence-electron chi connectivity index (χ3n) is 3.28. The molecule has 25 heavy (non-hydrogen) atoms. The van der Waals surface area contributed by atoms with Crippen molar-refractivity contribution in [2.45, 2.75) is 6.18 Å². The third-order valence-corrected chi connectivity index (χ3v) is 3.28. The van der Waals surface area contributed by atoms with E-state index >= 15 is 0 Å². The molecule has 0 unspecified atom stereocenters. The number of para-hydroxylation sites is 1. The highest BCUT2D eigenvalue weighted by Gasteiger charge is 2.41. The van der Waals surface area contributed by atoms with Gasteiger partial charge in [0.15, 0.2) is 22.9 Å². The van der Waals surface area contributed by atoms with E-state index in [1.165, 1.54) is 12.1 Å². The summed E-state index contributed by atoms with van der Waals surface area (Å²) >= 11 is 0. The van der Waals surface area contributed by atoms with Crippen molar-refractivity contribution in [3.05, 3.63) is 58.2 Å². The average Bonchev–Trinajstić information content (AvgIpc) is 2.54. The van der Waals surface area contributed by atoms with Crippen LogP contribution in [-0.4, -0.2) is 10.2 Å². The zero-order chi connectivity index (χ0) is 18.4. The van der Waals surface area contributed by atoms with Crippen LogP contribution in [-0.2, 0) is 6.18 Å². The summed E-state index contributed by atoms with van der Waals surface area (Å²) < 4.78 is 62.8. The Bertz CT molecular complexity index is 1020. The monoisotopic (exact) mass is 356 g/mol. The number of ether oxygens (including phenoxy) is 1. The van der Waals surface area contributed by atoms with E-state index in [-0.39, 0.29) is 0 Å². The first kappa shape index (κ1) is 16.6. The first-order valence-electron chi connectivity index (χ1n) is 6.71. The second-order valence-corrected chi connectivity index (χ2v) is 4.93. The van der Waals surface area contributed by atoms with Gasteiger partial charge in [-0.25, -0.2) is 4.39 Å². The van der Waals surface area contributed by atoms with Gasteiger partial charge >= 0.3 is 6.18 Å². The predicted molar refractivity (Wildman–Crippen MR) is 77.3 cm³/mol. The Morgan fingerprint density at radius 1 is 1.04 bits per heavy atom. The number of aromatic hydroxyl groups is 2. The first-order valence-corrected chi connectivity index (χ1v) is 6.71. The summed E-state index contributed by atoms with van der Waals surface area (Å²) in [4.78, 5) is 12.4. The van der Waals surface area contributed by atoms with Crippen LogP contribution in [0.15, 0.2) is 45.6 Å². The molecule has 0 spiro atoms. The summed E-state index contributed by atoms with van der Waals surface area (Å²) in [6.45, 7) is 0. The molecule has 2 N–H and O–H groups in total. The molecule has 0 bridgehead atoms. The molecule has 1 aromatic heterocycles. The predicted octanol–water partition coefficient (Wildman–Crippen LogP) is 4.15. The van der Waals surface area contributed by atoms with Gasteiger partial charge in [-0.05, 0) is 24.3 Å². The van der Waals surface area contributed by atoms with Crippen molar-refractivity contribution < 1.29 is 36.9 Å². The van der Waals surface area contributed by atoms with E-state index in [0.29, 0.717) is 0 Å². The fraction of sp³-hybridized carbons (Fsp3) is 0.0625. The second-order valence-electron chi connectivity index (χ2n) is 4.93. The van der Waals surface area contributed by atoms with Gasteiger partial charge < -0.3 is 19.4 Å². The first-order chi connectivity index (χ1) is 11.7. The molecule has 0 saturated carbocycles. The van der Waals surface area contributed by atoms with Crippen LogP contribution in [0.3, 0.4) is 0 Å². The van der Waals surface area contributed by atoms with E-state index in [1.807, 2.05) is 0 Å². The summed E-state index contributed by atoms with van der Waals surface area (Å²) in [5, 5.41) is 18.5. The molecule has 0 saturated heterocycles. The molecular weight excluding hydrogens is 348 g/mol. The van der Waals surface area contributed by atoms with Gasteiger partial charge in [-0.3, -0.25) is 4.79 Å². The lowest BCUT2D eigenvalue weighted by Gasteiger charge is -2.14. The van der Waals surface area contributed by atoms with Gasteiger partial charge in [0.25, 0.3) is 5.76 Å². The van der Waals surface area contributed by atoms with Crippen molar-refractivity contribution in [3.8, 4) is 23.0 Å². The Morgan fingerprint density at radius 2 is 1.72 bits per heavy atom. The summed E-state index contributed by atoms with van der Waals surface area (Å²) in [5.74, 6) is -6.54. The Labute approximate surface area is 136 Å². The maximum Gasteiger partial charge on any atom is 0.453 e. The molecule has 3 rings (SSSR count). The number of alkyl halides is 3. The van der Waals surface area contributed by atoms with Crippen molar-refractivity contribution >= 4 is 11.0 Å². The third kappa shape index (κ3) is 2.84. The smallest absolute Gasteiger partial charge is 0.453 e. The van der Waals surface area contributed by atoms with E-state index in [2.05, 4.69) is 4.42 Å². The topological polar surface area (TPSA) is 79.9 Å².